The average molecular weight is 864 g/mol. The van der Waals surface area contributed by atoms with Gasteiger partial charge in [-0.2, -0.15) is 52.7 Å². The molecule has 0 aliphatic rings. The maximum atomic E-state index is 14.0. The van der Waals surface area contributed by atoms with Crippen LogP contribution in [0.15, 0.2) is 97.1 Å². The number of halogens is 14. The minimum atomic E-state index is -5.14. The predicted octanol–water partition coefficient (Wildman–Crippen LogP) is 14.9. The van der Waals surface area contributed by atoms with E-state index in [4.69, 9.17) is 0 Å². The summed E-state index contributed by atoms with van der Waals surface area (Å²) in [4.78, 5) is 0. The molecule has 0 saturated heterocycles. The molecule has 0 aliphatic heterocycles. The number of fused-ring (bicyclic) bond motifs is 2. The normalized spacial score (nSPS) is 13.0. The molecule has 52 heavy (non-hydrogen) atoms. The van der Waals surface area contributed by atoms with Crippen LogP contribution < -0.4 is 0 Å². The molecule has 0 heterocycles. The topological polar surface area (TPSA) is 0 Å². The minimum absolute atomic E-state index is 0.00407. The Balaban J connectivity index is 1.80. The zero-order valence-corrected chi connectivity index (χ0v) is 29.1. The van der Waals surface area contributed by atoms with Gasteiger partial charge in [-0.15, -0.1) is 0 Å². The van der Waals surface area contributed by atoms with Crippen LogP contribution in [-0.4, -0.2) is 0 Å². The van der Waals surface area contributed by atoms with E-state index in [0.29, 0.717) is 56.9 Å². The summed E-state index contributed by atoms with van der Waals surface area (Å²) in [5, 5.41) is 1.51. The SMILES string of the molecule is FC(F)(F)c1cc(-c2cc3ccccc3c(-c3c(CBr)c(-c4cc(C(F)(F)F)cc(C(F)(F)F)c4)cc4ccccc34)c2CBr)cc(C(F)(F)F)c1. The molecule has 0 N–H and O–H groups in total. The molecule has 6 aromatic carbocycles. The molecular weight excluding hydrogens is 844 g/mol. The Morgan fingerprint density at radius 1 is 0.385 bits per heavy atom. The van der Waals surface area contributed by atoms with Gasteiger partial charge in [-0.25, -0.2) is 0 Å². The molecule has 0 fully saturated rings. The van der Waals surface area contributed by atoms with E-state index in [1.54, 1.807) is 48.5 Å². The van der Waals surface area contributed by atoms with Crippen LogP contribution in [0, 0.1) is 0 Å². The van der Waals surface area contributed by atoms with Crippen molar-refractivity contribution in [3.8, 4) is 33.4 Å². The predicted molar refractivity (Wildman–Crippen MR) is 183 cm³/mol. The first-order chi connectivity index (χ1) is 24.2. The molecular formula is C38H20Br2F12. The number of benzene rings is 6. The Kier molecular flexibility index (Phi) is 9.73. The van der Waals surface area contributed by atoms with Crippen LogP contribution in [0.25, 0.3) is 54.9 Å². The van der Waals surface area contributed by atoms with Gasteiger partial charge in [0.2, 0.25) is 0 Å². The van der Waals surface area contributed by atoms with Crippen LogP contribution in [0.3, 0.4) is 0 Å². The highest BCUT2D eigenvalue weighted by Crippen LogP contribution is 2.49. The molecule has 14 heteroatoms. The molecule has 0 radical (unpaired) electrons. The third-order valence-corrected chi connectivity index (χ3v) is 9.75. The summed E-state index contributed by atoms with van der Waals surface area (Å²) in [7, 11) is 0. The summed E-state index contributed by atoms with van der Waals surface area (Å²) in [6.07, 6.45) is -20.6. The van der Waals surface area contributed by atoms with Gasteiger partial charge in [-0.3, -0.25) is 0 Å². The number of hydrogen-bond donors (Lipinski definition) is 0. The number of rotatable bonds is 5. The van der Waals surface area contributed by atoms with Crippen molar-refractivity contribution in [3.63, 3.8) is 0 Å². The number of hydrogen-bond acceptors (Lipinski definition) is 0. The lowest BCUT2D eigenvalue weighted by Gasteiger charge is -2.24. The summed E-state index contributed by atoms with van der Waals surface area (Å²) in [6.45, 7) is 0. The van der Waals surface area contributed by atoms with E-state index in [2.05, 4.69) is 31.9 Å². The van der Waals surface area contributed by atoms with Gasteiger partial charge in [-0.1, -0.05) is 80.4 Å². The standard InChI is InChI=1S/C38H20Br2F12/c39-17-31-29(21-9-23(35(41,42)43)15-24(10-21)36(44,45)46)13-19-5-1-3-7-27(19)33(31)34-28-8-4-2-6-20(28)14-30(32(34)18-40)22-11-25(37(47,48)49)16-26(12-22)38(50,51)52/h1-16H,17-18H2. The van der Waals surface area contributed by atoms with E-state index >= 15 is 0 Å². The van der Waals surface area contributed by atoms with Crippen LogP contribution in [0.1, 0.15) is 33.4 Å². The van der Waals surface area contributed by atoms with Crippen LogP contribution in [0.4, 0.5) is 52.7 Å². The fraction of sp³-hybridized carbons (Fsp3) is 0.158. The van der Waals surface area contributed by atoms with Crippen molar-refractivity contribution in [2.45, 2.75) is 35.4 Å². The Morgan fingerprint density at radius 2 is 0.673 bits per heavy atom. The molecule has 0 saturated carbocycles. The molecule has 0 unspecified atom stereocenters. The first-order valence-corrected chi connectivity index (χ1v) is 17.3. The molecule has 0 spiro atoms. The van der Waals surface area contributed by atoms with Crippen molar-refractivity contribution in [2.24, 2.45) is 0 Å². The van der Waals surface area contributed by atoms with Crippen molar-refractivity contribution >= 4 is 53.4 Å². The lowest BCUT2D eigenvalue weighted by molar-refractivity contribution is -0.144. The third kappa shape index (κ3) is 7.15. The molecule has 0 bridgehead atoms. The zero-order valence-electron chi connectivity index (χ0n) is 25.9. The first-order valence-electron chi connectivity index (χ1n) is 15.0. The molecule has 6 rings (SSSR count). The van der Waals surface area contributed by atoms with Gasteiger partial charge in [0.05, 0.1) is 22.3 Å². The van der Waals surface area contributed by atoms with Crippen molar-refractivity contribution in [3.05, 3.63) is 130 Å². The van der Waals surface area contributed by atoms with E-state index in [1.807, 2.05) is 0 Å². The summed E-state index contributed by atoms with van der Waals surface area (Å²) in [6, 6.07) is 18.4. The smallest absolute Gasteiger partial charge is 0.166 e. The highest BCUT2D eigenvalue weighted by atomic mass is 79.9. The second-order valence-corrected chi connectivity index (χ2v) is 13.0. The van der Waals surface area contributed by atoms with Gasteiger partial charge < -0.3 is 0 Å². The molecule has 0 aromatic heterocycles. The van der Waals surface area contributed by atoms with Gasteiger partial charge in [0.1, 0.15) is 0 Å². The summed E-state index contributed by atoms with van der Waals surface area (Å²) < 4.78 is 168. The summed E-state index contributed by atoms with van der Waals surface area (Å²) in [5.41, 5.74) is -5.88. The fourth-order valence-corrected chi connectivity index (χ4v) is 7.53. The highest BCUT2D eigenvalue weighted by molar-refractivity contribution is 9.08. The molecule has 0 atom stereocenters. The van der Waals surface area contributed by atoms with Crippen LogP contribution in [0.5, 0.6) is 0 Å². The van der Waals surface area contributed by atoms with Crippen LogP contribution in [0.2, 0.25) is 0 Å². The van der Waals surface area contributed by atoms with Crippen molar-refractivity contribution < 1.29 is 52.7 Å². The van der Waals surface area contributed by atoms with Crippen LogP contribution in [-0.2, 0) is 35.4 Å². The number of alkyl halides is 14. The maximum absolute atomic E-state index is 14.0. The van der Waals surface area contributed by atoms with Crippen molar-refractivity contribution in [1.29, 1.82) is 0 Å². The lowest BCUT2D eigenvalue weighted by Crippen LogP contribution is -2.11. The molecule has 0 aliphatic carbocycles. The maximum Gasteiger partial charge on any atom is 0.416 e. The summed E-state index contributed by atoms with van der Waals surface area (Å²) in [5.74, 6) is 0. The van der Waals surface area contributed by atoms with Gasteiger partial charge in [0.15, 0.2) is 0 Å². The van der Waals surface area contributed by atoms with Gasteiger partial charge in [-0.05, 0) is 115 Å². The molecule has 0 nitrogen and oxygen atoms in total. The van der Waals surface area contributed by atoms with E-state index in [0.717, 1.165) is 0 Å². The van der Waals surface area contributed by atoms with Crippen molar-refractivity contribution in [1.82, 2.24) is 0 Å². The van der Waals surface area contributed by atoms with Gasteiger partial charge in [0, 0.05) is 10.7 Å². The second-order valence-electron chi connectivity index (χ2n) is 11.9. The van der Waals surface area contributed by atoms with Crippen molar-refractivity contribution in [2.75, 3.05) is 0 Å². The molecule has 270 valence electrons. The Bertz CT molecular complexity index is 2100. The average Bonchev–Trinajstić information content (AvgIpc) is 3.08. The third-order valence-electron chi connectivity index (χ3n) is 8.63. The minimum Gasteiger partial charge on any atom is -0.166 e. The summed E-state index contributed by atoms with van der Waals surface area (Å²) >= 11 is 6.77. The van der Waals surface area contributed by atoms with E-state index in [9.17, 15) is 52.7 Å². The van der Waals surface area contributed by atoms with Gasteiger partial charge >= 0.3 is 24.7 Å². The largest absolute Gasteiger partial charge is 0.416 e. The quantitative estimate of drug-likeness (QED) is 0.120. The van der Waals surface area contributed by atoms with E-state index in [1.165, 1.54) is 12.1 Å². The van der Waals surface area contributed by atoms with Gasteiger partial charge in [0.25, 0.3) is 0 Å². The Morgan fingerprint density at radius 3 is 0.942 bits per heavy atom. The zero-order chi connectivity index (χ0) is 38.0. The molecule has 6 aromatic rings. The van der Waals surface area contributed by atoms with E-state index < -0.39 is 58.1 Å². The highest BCUT2D eigenvalue weighted by Gasteiger charge is 2.39. The Labute approximate surface area is 304 Å². The monoisotopic (exact) mass is 862 g/mol. The van der Waals surface area contributed by atoms with Crippen LogP contribution >= 0.6 is 31.9 Å². The Hall–Kier alpha value is -4.04. The molecule has 0 amide bonds. The second kappa shape index (κ2) is 13.4. The van der Waals surface area contributed by atoms with E-state index in [-0.39, 0.29) is 45.0 Å². The fourth-order valence-electron chi connectivity index (χ4n) is 6.37. The first kappa shape index (κ1) is 37.7. The lowest BCUT2D eigenvalue weighted by atomic mass is 9.81.